The summed E-state index contributed by atoms with van der Waals surface area (Å²) in [5, 5.41) is 0. The molecule has 0 aliphatic heterocycles. The highest BCUT2D eigenvalue weighted by Crippen LogP contribution is 2.51. The molecule has 1 aliphatic rings. The molecule has 1 unspecified atom stereocenters. The van der Waals surface area contributed by atoms with Crippen molar-refractivity contribution in [2.75, 3.05) is 0 Å². The zero-order valence-corrected chi connectivity index (χ0v) is 13.3. The van der Waals surface area contributed by atoms with E-state index < -0.39 is 0 Å². The van der Waals surface area contributed by atoms with Gasteiger partial charge >= 0.3 is 0 Å². The van der Waals surface area contributed by atoms with Crippen LogP contribution in [0.25, 0.3) is 0 Å². The summed E-state index contributed by atoms with van der Waals surface area (Å²) in [6, 6.07) is 15.6. The van der Waals surface area contributed by atoms with Crippen LogP contribution in [0.15, 0.2) is 42.5 Å². The predicted octanol–water partition coefficient (Wildman–Crippen LogP) is 4.21. The van der Waals surface area contributed by atoms with Gasteiger partial charge in [-0.1, -0.05) is 48.0 Å². The SMILES string of the molecule is Cc1cc(C)c(CC(N)C2(c3ccccc3)CC2)c(C)c1. The Bertz CT molecular complexity index is 615. The molecular weight excluding hydrogens is 254 g/mol. The Morgan fingerprint density at radius 3 is 2.10 bits per heavy atom. The third-order valence-corrected chi connectivity index (χ3v) is 5.11. The van der Waals surface area contributed by atoms with Crippen LogP contribution in [0.5, 0.6) is 0 Å². The Morgan fingerprint density at radius 2 is 1.57 bits per heavy atom. The van der Waals surface area contributed by atoms with Gasteiger partial charge in [-0.2, -0.15) is 0 Å². The van der Waals surface area contributed by atoms with Crippen molar-refractivity contribution in [1.82, 2.24) is 0 Å². The van der Waals surface area contributed by atoms with Crippen LogP contribution >= 0.6 is 0 Å². The summed E-state index contributed by atoms with van der Waals surface area (Å²) >= 11 is 0. The lowest BCUT2D eigenvalue weighted by Gasteiger charge is -2.25. The van der Waals surface area contributed by atoms with Crippen LogP contribution in [0.4, 0.5) is 0 Å². The van der Waals surface area contributed by atoms with Crippen molar-refractivity contribution in [2.45, 2.75) is 51.5 Å². The highest BCUT2D eigenvalue weighted by atomic mass is 14.7. The van der Waals surface area contributed by atoms with E-state index in [4.69, 9.17) is 5.73 Å². The smallest absolute Gasteiger partial charge is 0.0177 e. The predicted molar refractivity (Wildman–Crippen MR) is 89.7 cm³/mol. The van der Waals surface area contributed by atoms with Crippen LogP contribution in [0.1, 0.15) is 40.7 Å². The summed E-state index contributed by atoms with van der Waals surface area (Å²) in [7, 11) is 0. The van der Waals surface area contributed by atoms with E-state index in [1.165, 1.54) is 40.7 Å². The quantitative estimate of drug-likeness (QED) is 0.891. The first-order chi connectivity index (χ1) is 10.0. The fraction of sp³-hybridized carbons (Fsp3) is 0.400. The van der Waals surface area contributed by atoms with Crippen LogP contribution in [0.3, 0.4) is 0 Å². The van der Waals surface area contributed by atoms with E-state index in [1.54, 1.807) is 0 Å². The third-order valence-electron chi connectivity index (χ3n) is 5.11. The second kappa shape index (κ2) is 5.31. The largest absolute Gasteiger partial charge is 0.327 e. The molecule has 1 aliphatic carbocycles. The Labute approximate surface area is 128 Å². The number of nitrogens with two attached hydrogens (primary N) is 1. The van der Waals surface area contributed by atoms with Gasteiger partial charge in [0.2, 0.25) is 0 Å². The van der Waals surface area contributed by atoms with Crippen molar-refractivity contribution in [1.29, 1.82) is 0 Å². The van der Waals surface area contributed by atoms with Gasteiger partial charge in [-0.05, 0) is 62.3 Å². The molecule has 1 saturated carbocycles. The molecule has 0 bridgehead atoms. The van der Waals surface area contributed by atoms with E-state index in [9.17, 15) is 0 Å². The monoisotopic (exact) mass is 279 g/mol. The van der Waals surface area contributed by atoms with Crippen LogP contribution in [0, 0.1) is 20.8 Å². The second-order valence-corrected chi connectivity index (χ2v) is 6.71. The number of hydrogen-bond acceptors (Lipinski definition) is 1. The molecule has 2 N–H and O–H groups in total. The van der Waals surface area contributed by atoms with Gasteiger partial charge < -0.3 is 5.73 Å². The summed E-state index contributed by atoms with van der Waals surface area (Å²) in [4.78, 5) is 0. The van der Waals surface area contributed by atoms with Crippen molar-refractivity contribution < 1.29 is 0 Å². The van der Waals surface area contributed by atoms with Crippen LogP contribution in [-0.4, -0.2) is 6.04 Å². The normalized spacial score (nSPS) is 17.5. The number of rotatable bonds is 4. The minimum absolute atomic E-state index is 0.208. The molecule has 0 radical (unpaired) electrons. The number of benzene rings is 2. The van der Waals surface area contributed by atoms with Gasteiger partial charge in [-0.15, -0.1) is 0 Å². The van der Waals surface area contributed by atoms with E-state index in [-0.39, 0.29) is 11.5 Å². The molecule has 2 aromatic carbocycles. The van der Waals surface area contributed by atoms with E-state index in [0.29, 0.717) is 0 Å². The summed E-state index contributed by atoms with van der Waals surface area (Å²) < 4.78 is 0. The van der Waals surface area contributed by atoms with Crippen molar-refractivity contribution in [3.63, 3.8) is 0 Å². The van der Waals surface area contributed by atoms with Gasteiger partial charge in [-0.3, -0.25) is 0 Å². The van der Waals surface area contributed by atoms with E-state index in [0.717, 1.165) is 6.42 Å². The fourth-order valence-corrected chi connectivity index (χ4v) is 3.73. The molecule has 0 amide bonds. The van der Waals surface area contributed by atoms with Gasteiger partial charge in [0.25, 0.3) is 0 Å². The maximum Gasteiger partial charge on any atom is 0.0177 e. The molecule has 2 aromatic rings. The van der Waals surface area contributed by atoms with Crippen LogP contribution in [0.2, 0.25) is 0 Å². The molecule has 0 aromatic heterocycles. The molecule has 1 fully saturated rings. The van der Waals surface area contributed by atoms with Crippen LogP contribution in [-0.2, 0) is 11.8 Å². The van der Waals surface area contributed by atoms with Gasteiger partial charge in [0.05, 0.1) is 0 Å². The van der Waals surface area contributed by atoms with Crippen molar-refractivity contribution in [3.8, 4) is 0 Å². The topological polar surface area (TPSA) is 26.0 Å². The van der Waals surface area contributed by atoms with Crippen LogP contribution < -0.4 is 5.73 Å². The molecule has 0 saturated heterocycles. The summed E-state index contributed by atoms with van der Waals surface area (Å²) in [5.74, 6) is 0. The van der Waals surface area contributed by atoms with Gasteiger partial charge in [0.1, 0.15) is 0 Å². The maximum atomic E-state index is 6.65. The third kappa shape index (κ3) is 2.63. The Kier molecular flexibility index (Phi) is 3.62. The molecule has 1 nitrogen and oxygen atoms in total. The first kappa shape index (κ1) is 14.3. The van der Waals surface area contributed by atoms with Gasteiger partial charge in [0, 0.05) is 11.5 Å². The maximum absolute atomic E-state index is 6.65. The first-order valence-corrected chi connectivity index (χ1v) is 7.91. The molecule has 110 valence electrons. The standard InChI is InChI=1S/C20H25N/c1-14-11-15(2)18(16(3)12-14)13-19(21)20(9-10-20)17-7-5-4-6-8-17/h4-8,11-12,19H,9-10,13,21H2,1-3H3. The lowest BCUT2D eigenvalue weighted by molar-refractivity contribution is 0.512. The van der Waals surface area contributed by atoms with Crippen molar-refractivity contribution in [3.05, 3.63) is 70.3 Å². The minimum atomic E-state index is 0.208. The highest BCUT2D eigenvalue weighted by Gasteiger charge is 2.49. The Morgan fingerprint density at radius 1 is 1.00 bits per heavy atom. The average Bonchev–Trinajstić information content (AvgIpc) is 3.25. The van der Waals surface area contributed by atoms with Crippen molar-refractivity contribution in [2.24, 2.45) is 5.73 Å². The molecule has 1 heteroatoms. The van der Waals surface area contributed by atoms with Crippen molar-refractivity contribution >= 4 is 0 Å². The highest BCUT2D eigenvalue weighted by molar-refractivity contribution is 5.40. The minimum Gasteiger partial charge on any atom is -0.327 e. The molecular formula is C20H25N. The molecule has 0 spiro atoms. The Hall–Kier alpha value is -1.60. The average molecular weight is 279 g/mol. The lowest BCUT2D eigenvalue weighted by Crippen LogP contribution is -2.37. The van der Waals surface area contributed by atoms with E-state index in [2.05, 4.69) is 63.2 Å². The van der Waals surface area contributed by atoms with E-state index in [1.807, 2.05) is 0 Å². The summed E-state index contributed by atoms with van der Waals surface area (Å²) in [6.45, 7) is 6.59. The zero-order chi connectivity index (χ0) is 15.0. The fourth-order valence-electron chi connectivity index (χ4n) is 3.73. The number of hydrogen-bond donors (Lipinski definition) is 1. The first-order valence-electron chi connectivity index (χ1n) is 7.91. The molecule has 0 heterocycles. The van der Waals surface area contributed by atoms with Gasteiger partial charge in [-0.25, -0.2) is 0 Å². The molecule has 1 atom stereocenters. The molecule has 3 rings (SSSR count). The summed E-state index contributed by atoms with van der Waals surface area (Å²) in [6.07, 6.45) is 3.43. The van der Waals surface area contributed by atoms with E-state index >= 15 is 0 Å². The zero-order valence-electron chi connectivity index (χ0n) is 13.3. The second-order valence-electron chi connectivity index (χ2n) is 6.71. The van der Waals surface area contributed by atoms with Gasteiger partial charge in [0.15, 0.2) is 0 Å². The number of aryl methyl sites for hydroxylation is 3. The Balaban J connectivity index is 1.86. The summed E-state index contributed by atoms with van der Waals surface area (Å²) in [5.41, 5.74) is 13.8. The lowest BCUT2D eigenvalue weighted by atomic mass is 9.83. The molecule has 21 heavy (non-hydrogen) atoms.